The van der Waals surface area contributed by atoms with Crippen molar-refractivity contribution in [2.45, 2.75) is 13.3 Å². The Balaban J connectivity index is 1.46. The summed E-state index contributed by atoms with van der Waals surface area (Å²) in [6.07, 6.45) is 0.522. The van der Waals surface area contributed by atoms with Crippen LogP contribution in [0.15, 0.2) is 60.7 Å². The van der Waals surface area contributed by atoms with E-state index in [1.807, 2.05) is 66.4 Å². The van der Waals surface area contributed by atoms with Crippen molar-refractivity contribution in [1.29, 1.82) is 0 Å². The lowest BCUT2D eigenvalue weighted by molar-refractivity contribution is -0.131. The maximum absolute atomic E-state index is 13.0. The highest BCUT2D eigenvalue weighted by molar-refractivity contribution is 7.80. The van der Waals surface area contributed by atoms with E-state index in [0.717, 1.165) is 35.2 Å². The number of anilines is 2. The summed E-state index contributed by atoms with van der Waals surface area (Å²) in [5, 5.41) is 8.07. The molecule has 4 rings (SSSR count). The largest absolute Gasteiger partial charge is 0.496 e. The topological polar surface area (TPSA) is 73.9 Å². The molecule has 0 aromatic heterocycles. The highest BCUT2D eigenvalue weighted by Crippen LogP contribution is 2.28. The molecule has 0 bridgehead atoms. The van der Waals surface area contributed by atoms with E-state index in [1.54, 1.807) is 13.2 Å². The first-order chi connectivity index (χ1) is 16.5. The molecule has 176 valence electrons. The summed E-state index contributed by atoms with van der Waals surface area (Å²) in [6.45, 7) is 4.72. The van der Waals surface area contributed by atoms with E-state index in [-0.39, 0.29) is 16.9 Å². The SMILES string of the molecule is CCC(=O)N1CCN(c2ccccc2NC(=S)NC(=O)c2cc3ccccc3cc2OC)CC1. The van der Waals surface area contributed by atoms with Crippen LogP contribution in [0.1, 0.15) is 23.7 Å². The molecule has 34 heavy (non-hydrogen) atoms. The predicted octanol–water partition coefficient (Wildman–Crippen LogP) is 4.03. The first-order valence-corrected chi connectivity index (χ1v) is 11.7. The van der Waals surface area contributed by atoms with Crippen molar-refractivity contribution in [3.8, 4) is 5.75 Å². The van der Waals surface area contributed by atoms with Gasteiger partial charge >= 0.3 is 0 Å². The zero-order valence-electron chi connectivity index (χ0n) is 19.3. The molecule has 7 nitrogen and oxygen atoms in total. The molecule has 0 aliphatic carbocycles. The average Bonchev–Trinajstić information content (AvgIpc) is 2.87. The second-order valence-electron chi connectivity index (χ2n) is 8.05. The minimum atomic E-state index is -0.343. The Morgan fingerprint density at radius 3 is 2.29 bits per heavy atom. The van der Waals surface area contributed by atoms with E-state index in [1.165, 1.54) is 0 Å². The molecular weight excluding hydrogens is 448 g/mol. The van der Waals surface area contributed by atoms with Gasteiger partial charge in [0.25, 0.3) is 5.91 Å². The fraction of sp³-hybridized carbons (Fsp3) is 0.269. The predicted molar refractivity (Wildman–Crippen MR) is 140 cm³/mol. The van der Waals surface area contributed by atoms with E-state index in [0.29, 0.717) is 30.8 Å². The van der Waals surface area contributed by atoms with Crippen molar-refractivity contribution in [1.82, 2.24) is 10.2 Å². The number of thiocarbonyl (C=S) groups is 1. The summed E-state index contributed by atoms with van der Waals surface area (Å²) in [4.78, 5) is 29.1. The molecule has 0 saturated carbocycles. The number of hydrogen-bond acceptors (Lipinski definition) is 5. The Kier molecular flexibility index (Phi) is 7.27. The Morgan fingerprint density at radius 1 is 0.971 bits per heavy atom. The number of piperazine rings is 1. The van der Waals surface area contributed by atoms with Gasteiger partial charge in [0.1, 0.15) is 5.75 Å². The molecule has 1 aliphatic heterocycles. The molecule has 1 fully saturated rings. The van der Waals surface area contributed by atoms with Crippen LogP contribution in [0.4, 0.5) is 11.4 Å². The number of hydrogen-bond donors (Lipinski definition) is 2. The second-order valence-corrected chi connectivity index (χ2v) is 8.45. The number of nitrogens with one attached hydrogen (secondary N) is 2. The maximum atomic E-state index is 13.0. The molecular formula is C26H28N4O3S. The summed E-state index contributed by atoms with van der Waals surface area (Å²) in [6, 6.07) is 19.3. The number of fused-ring (bicyclic) bond motifs is 1. The molecule has 1 heterocycles. The summed E-state index contributed by atoms with van der Waals surface area (Å²) in [5.41, 5.74) is 2.19. The number of carbonyl (C=O) groups excluding carboxylic acids is 2. The first kappa shape index (κ1) is 23.5. The minimum absolute atomic E-state index is 0.180. The normalized spacial score (nSPS) is 13.5. The molecule has 2 N–H and O–H groups in total. The smallest absolute Gasteiger partial charge is 0.261 e. The maximum Gasteiger partial charge on any atom is 0.261 e. The van der Waals surface area contributed by atoms with Crippen molar-refractivity contribution in [3.05, 3.63) is 66.2 Å². The fourth-order valence-electron chi connectivity index (χ4n) is 4.17. The van der Waals surface area contributed by atoms with E-state index in [2.05, 4.69) is 15.5 Å². The van der Waals surface area contributed by atoms with Crippen molar-refractivity contribution < 1.29 is 14.3 Å². The van der Waals surface area contributed by atoms with E-state index in [4.69, 9.17) is 17.0 Å². The molecule has 1 aliphatic rings. The third-order valence-electron chi connectivity index (χ3n) is 5.97. The van der Waals surface area contributed by atoms with Crippen molar-refractivity contribution in [3.63, 3.8) is 0 Å². The van der Waals surface area contributed by atoms with E-state index >= 15 is 0 Å². The molecule has 0 spiro atoms. The Labute approximate surface area is 204 Å². The van der Waals surface area contributed by atoms with Crippen molar-refractivity contribution >= 4 is 51.3 Å². The molecule has 1 saturated heterocycles. The lowest BCUT2D eigenvalue weighted by Gasteiger charge is -2.37. The number of para-hydroxylation sites is 2. The van der Waals surface area contributed by atoms with Crippen LogP contribution in [0.3, 0.4) is 0 Å². The summed E-state index contributed by atoms with van der Waals surface area (Å²) < 4.78 is 5.45. The molecule has 0 unspecified atom stereocenters. The van der Waals surface area contributed by atoms with Gasteiger partial charge in [0, 0.05) is 32.6 Å². The number of carbonyl (C=O) groups is 2. The Hall–Kier alpha value is -3.65. The number of nitrogens with zero attached hydrogens (tertiary/aromatic N) is 2. The summed E-state index contributed by atoms with van der Waals surface area (Å²) >= 11 is 5.46. The molecule has 3 aromatic carbocycles. The van der Waals surface area contributed by atoms with Crippen LogP contribution in [-0.2, 0) is 4.79 Å². The lowest BCUT2D eigenvalue weighted by Crippen LogP contribution is -2.48. The van der Waals surface area contributed by atoms with Gasteiger partial charge in [-0.2, -0.15) is 0 Å². The van der Waals surface area contributed by atoms with Gasteiger partial charge in [-0.3, -0.25) is 14.9 Å². The second kappa shape index (κ2) is 10.5. The van der Waals surface area contributed by atoms with Gasteiger partial charge < -0.3 is 19.9 Å². The monoisotopic (exact) mass is 476 g/mol. The van der Waals surface area contributed by atoms with Gasteiger partial charge in [0.15, 0.2) is 5.11 Å². The molecule has 8 heteroatoms. The number of benzene rings is 3. The van der Waals surface area contributed by atoms with Crippen LogP contribution in [-0.4, -0.2) is 55.1 Å². The standard InChI is InChI=1S/C26H28N4O3S/c1-3-24(31)30-14-12-29(13-15-30)22-11-7-6-10-21(22)27-26(34)28-25(32)20-16-18-8-4-5-9-19(18)17-23(20)33-2/h4-11,16-17H,3,12-15H2,1-2H3,(H2,27,28,32,34). The van der Waals surface area contributed by atoms with E-state index < -0.39 is 0 Å². The molecule has 3 aromatic rings. The van der Waals surface area contributed by atoms with Gasteiger partial charge in [-0.1, -0.05) is 43.3 Å². The van der Waals surface area contributed by atoms with Crippen LogP contribution in [0.2, 0.25) is 0 Å². The molecule has 0 atom stereocenters. The Morgan fingerprint density at radius 2 is 1.62 bits per heavy atom. The van der Waals surface area contributed by atoms with Crippen LogP contribution in [0, 0.1) is 0 Å². The third kappa shape index (κ3) is 5.12. The van der Waals surface area contributed by atoms with Crippen molar-refractivity contribution in [2.75, 3.05) is 43.5 Å². The van der Waals surface area contributed by atoms with Gasteiger partial charge in [-0.15, -0.1) is 0 Å². The number of methoxy groups -OCH3 is 1. The first-order valence-electron chi connectivity index (χ1n) is 11.3. The van der Waals surface area contributed by atoms with Gasteiger partial charge in [0.05, 0.1) is 24.0 Å². The highest BCUT2D eigenvalue weighted by Gasteiger charge is 2.22. The van der Waals surface area contributed by atoms with Gasteiger partial charge in [-0.05, 0) is 47.3 Å². The van der Waals surface area contributed by atoms with Crippen molar-refractivity contribution in [2.24, 2.45) is 0 Å². The summed E-state index contributed by atoms with van der Waals surface area (Å²) in [5.74, 6) is 0.322. The number of ether oxygens (including phenoxy) is 1. The summed E-state index contributed by atoms with van der Waals surface area (Å²) in [7, 11) is 1.54. The van der Waals surface area contributed by atoms with Crippen LogP contribution in [0.5, 0.6) is 5.75 Å². The molecule has 0 radical (unpaired) electrons. The lowest BCUT2D eigenvalue weighted by atomic mass is 10.1. The van der Waals surface area contributed by atoms with Gasteiger partial charge in [0.2, 0.25) is 5.91 Å². The Bertz CT molecular complexity index is 1220. The van der Waals surface area contributed by atoms with Crippen LogP contribution >= 0.6 is 12.2 Å². The zero-order chi connectivity index (χ0) is 24.1. The number of rotatable bonds is 5. The van der Waals surface area contributed by atoms with E-state index in [9.17, 15) is 9.59 Å². The quantitative estimate of drug-likeness (QED) is 0.542. The van der Waals surface area contributed by atoms with Crippen LogP contribution < -0.4 is 20.3 Å². The molecule has 2 amide bonds. The minimum Gasteiger partial charge on any atom is -0.496 e. The average molecular weight is 477 g/mol. The fourth-order valence-corrected chi connectivity index (χ4v) is 4.37. The van der Waals surface area contributed by atoms with Gasteiger partial charge in [-0.25, -0.2) is 0 Å². The number of amides is 2. The highest BCUT2D eigenvalue weighted by atomic mass is 32.1. The van der Waals surface area contributed by atoms with Crippen LogP contribution in [0.25, 0.3) is 10.8 Å². The third-order valence-corrected chi connectivity index (χ3v) is 6.17. The zero-order valence-corrected chi connectivity index (χ0v) is 20.2.